The summed E-state index contributed by atoms with van der Waals surface area (Å²) in [5.41, 5.74) is 0. The van der Waals surface area contributed by atoms with Crippen molar-refractivity contribution in [3.8, 4) is 0 Å². The molecule has 0 aliphatic heterocycles. The highest BCUT2D eigenvalue weighted by Crippen LogP contribution is 1.99. The number of sulfonamides is 1. The van der Waals surface area contributed by atoms with Crippen LogP contribution in [0.5, 0.6) is 0 Å². The third-order valence-corrected chi connectivity index (χ3v) is 3.03. The molecule has 0 atom stereocenters. The van der Waals surface area contributed by atoms with E-state index in [4.69, 9.17) is 5.11 Å². The van der Waals surface area contributed by atoms with Gasteiger partial charge in [-0.2, -0.15) is 0 Å². The van der Waals surface area contributed by atoms with Crippen LogP contribution >= 0.6 is 0 Å². The first kappa shape index (κ1) is 19.3. The maximum atomic E-state index is 11.3. The lowest BCUT2D eigenvalue weighted by Crippen LogP contribution is -2.40. The predicted octanol–water partition coefficient (Wildman–Crippen LogP) is -0.603. The summed E-state index contributed by atoms with van der Waals surface area (Å²) in [6, 6.07) is -0.655. The van der Waals surface area contributed by atoms with Gasteiger partial charge >= 0.3 is 12.0 Å². The van der Waals surface area contributed by atoms with E-state index in [0.29, 0.717) is 19.3 Å². The minimum Gasteiger partial charge on any atom is -0.481 e. The fourth-order valence-electron chi connectivity index (χ4n) is 1.34. The SMILES string of the molecule is CS(=O)(=O)NCCCNC(=O)NC(=O)CCCCC(=O)O. The van der Waals surface area contributed by atoms with E-state index >= 15 is 0 Å². The summed E-state index contributed by atoms with van der Waals surface area (Å²) in [6.45, 7) is 0.420. The molecule has 0 bridgehead atoms. The molecule has 0 saturated heterocycles. The number of carbonyl (C=O) groups is 3. The lowest BCUT2D eigenvalue weighted by Gasteiger charge is -2.06. The second-order valence-electron chi connectivity index (χ2n) is 4.42. The van der Waals surface area contributed by atoms with Gasteiger partial charge in [-0.25, -0.2) is 17.9 Å². The largest absolute Gasteiger partial charge is 0.481 e. The molecule has 0 saturated carbocycles. The molecule has 0 aromatic carbocycles. The number of carboxylic acid groups (broad SMARTS) is 1. The summed E-state index contributed by atoms with van der Waals surface area (Å²) in [7, 11) is -3.24. The number of imide groups is 1. The van der Waals surface area contributed by atoms with Crippen LogP contribution in [0.1, 0.15) is 32.1 Å². The molecule has 9 nitrogen and oxygen atoms in total. The number of rotatable bonds is 10. The van der Waals surface area contributed by atoms with Crippen molar-refractivity contribution in [2.24, 2.45) is 0 Å². The number of unbranched alkanes of at least 4 members (excludes halogenated alkanes) is 1. The highest BCUT2D eigenvalue weighted by Gasteiger charge is 2.07. The van der Waals surface area contributed by atoms with Crippen molar-refractivity contribution < 1.29 is 27.9 Å². The lowest BCUT2D eigenvalue weighted by molar-refractivity contribution is -0.137. The molecule has 0 rings (SSSR count). The summed E-state index contributed by atoms with van der Waals surface area (Å²) in [5.74, 6) is -1.40. The molecule has 122 valence electrons. The van der Waals surface area contributed by atoms with Crippen molar-refractivity contribution in [1.29, 1.82) is 0 Å². The Kier molecular flexibility index (Phi) is 9.30. The Balaban J connectivity index is 3.60. The van der Waals surface area contributed by atoms with Crippen LogP contribution in [0.25, 0.3) is 0 Å². The van der Waals surface area contributed by atoms with Crippen LogP contribution in [0.15, 0.2) is 0 Å². The fourth-order valence-corrected chi connectivity index (χ4v) is 1.86. The summed E-state index contributed by atoms with van der Waals surface area (Å²) in [5, 5.41) is 12.9. The fraction of sp³-hybridized carbons (Fsp3) is 0.727. The molecular formula is C11H21N3O6S. The molecule has 0 unspecified atom stereocenters. The van der Waals surface area contributed by atoms with Crippen molar-refractivity contribution in [1.82, 2.24) is 15.4 Å². The van der Waals surface area contributed by atoms with Gasteiger partial charge in [-0.1, -0.05) is 0 Å². The molecule has 4 N–H and O–H groups in total. The molecule has 21 heavy (non-hydrogen) atoms. The van der Waals surface area contributed by atoms with Crippen molar-refractivity contribution in [2.75, 3.05) is 19.3 Å². The van der Waals surface area contributed by atoms with Crippen LogP contribution in [0.3, 0.4) is 0 Å². The Labute approximate surface area is 123 Å². The molecule has 0 spiro atoms. The second-order valence-corrected chi connectivity index (χ2v) is 6.26. The first-order valence-electron chi connectivity index (χ1n) is 6.45. The Morgan fingerprint density at radius 2 is 1.62 bits per heavy atom. The minimum absolute atomic E-state index is 0.00713. The Morgan fingerprint density at radius 1 is 1.00 bits per heavy atom. The molecule has 0 aliphatic carbocycles. The predicted molar refractivity (Wildman–Crippen MR) is 75.1 cm³/mol. The van der Waals surface area contributed by atoms with Crippen molar-refractivity contribution in [3.05, 3.63) is 0 Å². The van der Waals surface area contributed by atoms with Gasteiger partial charge in [-0.3, -0.25) is 14.9 Å². The van der Waals surface area contributed by atoms with Gasteiger partial charge in [-0.05, 0) is 19.3 Å². The Bertz CT molecular complexity index is 463. The number of carboxylic acids is 1. The first-order valence-corrected chi connectivity index (χ1v) is 8.34. The smallest absolute Gasteiger partial charge is 0.321 e. The quantitative estimate of drug-likeness (QED) is 0.395. The van der Waals surface area contributed by atoms with Crippen LogP contribution in [-0.2, 0) is 19.6 Å². The summed E-state index contributed by atoms with van der Waals surface area (Å²) in [6.07, 6.45) is 2.28. The Hall–Kier alpha value is -1.68. The number of nitrogens with one attached hydrogen (secondary N) is 3. The first-order chi connectivity index (χ1) is 9.70. The van der Waals surface area contributed by atoms with Crippen LogP contribution in [-0.4, -0.2) is 50.8 Å². The number of hydrogen-bond acceptors (Lipinski definition) is 5. The van der Waals surface area contributed by atoms with Gasteiger partial charge in [0.05, 0.1) is 6.26 Å². The van der Waals surface area contributed by atoms with Crippen molar-refractivity contribution in [2.45, 2.75) is 32.1 Å². The third kappa shape index (κ3) is 14.5. The highest BCUT2D eigenvalue weighted by molar-refractivity contribution is 7.88. The van der Waals surface area contributed by atoms with E-state index in [9.17, 15) is 22.8 Å². The van der Waals surface area contributed by atoms with Crippen molar-refractivity contribution in [3.63, 3.8) is 0 Å². The van der Waals surface area contributed by atoms with Crippen LogP contribution < -0.4 is 15.4 Å². The van der Waals surface area contributed by atoms with Gasteiger partial charge in [0.25, 0.3) is 0 Å². The summed E-state index contributed by atoms with van der Waals surface area (Å²) >= 11 is 0. The van der Waals surface area contributed by atoms with E-state index in [1.54, 1.807) is 0 Å². The Morgan fingerprint density at radius 3 is 2.19 bits per heavy atom. The van der Waals surface area contributed by atoms with Gasteiger partial charge in [-0.15, -0.1) is 0 Å². The molecule has 10 heteroatoms. The lowest BCUT2D eigenvalue weighted by atomic mass is 10.2. The number of carbonyl (C=O) groups excluding carboxylic acids is 2. The van der Waals surface area contributed by atoms with E-state index in [-0.39, 0.29) is 25.9 Å². The second kappa shape index (κ2) is 10.1. The van der Waals surface area contributed by atoms with E-state index in [2.05, 4.69) is 15.4 Å². The molecule has 0 heterocycles. The van der Waals surface area contributed by atoms with Crippen LogP contribution in [0.2, 0.25) is 0 Å². The number of amides is 3. The van der Waals surface area contributed by atoms with Crippen LogP contribution in [0, 0.1) is 0 Å². The zero-order chi connectivity index (χ0) is 16.3. The molecule has 0 aliphatic rings. The maximum absolute atomic E-state index is 11.3. The zero-order valence-electron chi connectivity index (χ0n) is 11.8. The molecule has 0 aromatic heterocycles. The van der Waals surface area contributed by atoms with Crippen molar-refractivity contribution >= 4 is 27.9 Å². The normalized spacial score (nSPS) is 10.9. The number of hydrogen-bond donors (Lipinski definition) is 4. The highest BCUT2D eigenvalue weighted by atomic mass is 32.2. The molecule has 0 fully saturated rings. The van der Waals surface area contributed by atoms with E-state index in [0.717, 1.165) is 6.26 Å². The molecular weight excluding hydrogens is 302 g/mol. The van der Waals surface area contributed by atoms with Gasteiger partial charge in [0.2, 0.25) is 15.9 Å². The third-order valence-electron chi connectivity index (χ3n) is 2.30. The van der Waals surface area contributed by atoms with E-state index in [1.165, 1.54) is 0 Å². The van der Waals surface area contributed by atoms with Gasteiger partial charge < -0.3 is 10.4 Å². The van der Waals surface area contributed by atoms with Gasteiger partial charge in [0.1, 0.15) is 0 Å². The number of aliphatic carboxylic acids is 1. The average Bonchev–Trinajstić information content (AvgIpc) is 2.32. The zero-order valence-corrected chi connectivity index (χ0v) is 12.7. The van der Waals surface area contributed by atoms with Crippen LogP contribution in [0.4, 0.5) is 4.79 Å². The standard InChI is InChI=1S/C11H21N3O6S/c1-21(19,20)13-8-4-7-12-11(18)14-9(15)5-2-3-6-10(16)17/h13H,2-8H2,1H3,(H,16,17)(H2,12,14,15,18). The monoisotopic (exact) mass is 323 g/mol. The van der Waals surface area contributed by atoms with E-state index < -0.39 is 27.9 Å². The van der Waals surface area contributed by atoms with Gasteiger partial charge in [0.15, 0.2) is 0 Å². The topological polar surface area (TPSA) is 142 Å². The molecule has 3 amide bonds. The number of urea groups is 1. The molecule has 0 radical (unpaired) electrons. The maximum Gasteiger partial charge on any atom is 0.321 e. The average molecular weight is 323 g/mol. The summed E-state index contributed by atoms with van der Waals surface area (Å²) in [4.78, 5) is 32.8. The molecule has 0 aromatic rings. The minimum atomic E-state index is -3.24. The summed E-state index contributed by atoms with van der Waals surface area (Å²) < 4.78 is 23.8. The van der Waals surface area contributed by atoms with E-state index in [1.807, 2.05) is 0 Å². The van der Waals surface area contributed by atoms with Gasteiger partial charge in [0, 0.05) is 25.9 Å².